The van der Waals surface area contributed by atoms with E-state index in [0.717, 1.165) is 18.4 Å². The van der Waals surface area contributed by atoms with Crippen molar-refractivity contribution in [3.63, 3.8) is 0 Å². The maximum absolute atomic E-state index is 12.7. The van der Waals surface area contributed by atoms with Gasteiger partial charge in [-0.3, -0.25) is 4.79 Å². The Bertz CT molecular complexity index is 639. The number of hydrogen-bond acceptors (Lipinski definition) is 3. The van der Waals surface area contributed by atoms with Gasteiger partial charge in [0.25, 0.3) is 11.7 Å². The van der Waals surface area contributed by atoms with Crippen molar-refractivity contribution in [3.05, 3.63) is 53.3 Å². The van der Waals surface area contributed by atoms with Gasteiger partial charge in [0.15, 0.2) is 6.20 Å². The van der Waals surface area contributed by atoms with E-state index < -0.39 is 6.04 Å². The van der Waals surface area contributed by atoms with Crippen molar-refractivity contribution in [1.29, 1.82) is 0 Å². The fraction of sp³-hybridized carbons (Fsp3) is 0.412. The highest BCUT2D eigenvalue weighted by molar-refractivity contribution is 5.81. The lowest BCUT2D eigenvalue weighted by Gasteiger charge is -2.15. The average molecular weight is 315 g/mol. The van der Waals surface area contributed by atoms with Crippen LogP contribution in [0.1, 0.15) is 38.3 Å². The molecule has 0 saturated carbocycles. The van der Waals surface area contributed by atoms with Gasteiger partial charge < -0.3 is 5.32 Å². The summed E-state index contributed by atoms with van der Waals surface area (Å²) in [7, 11) is 0. The van der Waals surface area contributed by atoms with Crippen molar-refractivity contribution in [2.45, 2.75) is 32.7 Å². The predicted molar refractivity (Wildman–Crippen MR) is 88.1 cm³/mol. The number of rotatable bonds is 8. The third-order valence-corrected chi connectivity index (χ3v) is 4.03. The van der Waals surface area contributed by atoms with E-state index in [1.165, 1.54) is 0 Å². The highest BCUT2D eigenvalue weighted by Gasteiger charge is 2.27. The van der Waals surface area contributed by atoms with Crippen LogP contribution >= 0.6 is 0 Å². The van der Waals surface area contributed by atoms with E-state index in [1.807, 2.05) is 30.3 Å². The molecule has 1 heterocycles. The smallest absolute Gasteiger partial charge is 0.298 e. The third-order valence-electron chi connectivity index (χ3n) is 4.03. The Balaban J connectivity index is 2.16. The first kappa shape index (κ1) is 16.9. The minimum absolute atomic E-state index is 0.0963. The number of nitrogens with zero attached hydrogens (tertiary/aromatic N) is 2. The van der Waals surface area contributed by atoms with E-state index >= 15 is 0 Å². The standard InChI is InChI=1S/C17H22N4O2/c1-3-13(2)9-10-18-17(22)16(14-7-5-4-6-8-14)21-11-15(20-23)19-12-21/h4-8,11-13,16H,3,9-10H2,1-2H3,(H,18,22)/p+1/t13?,16-/m0/s1. The Morgan fingerprint density at radius 1 is 1.35 bits per heavy atom. The Morgan fingerprint density at radius 3 is 2.70 bits per heavy atom. The lowest BCUT2D eigenvalue weighted by Crippen LogP contribution is -2.48. The molecule has 0 aliphatic rings. The first-order valence-corrected chi connectivity index (χ1v) is 7.90. The topological polar surface area (TPSA) is 78.2 Å². The largest absolute Gasteiger partial charge is 0.352 e. The highest BCUT2D eigenvalue weighted by atomic mass is 16.3. The second-order valence-electron chi connectivity index (χ2n) is 5.73. The van der Waals surface area contributed by atoms with E-state index in [9.17, 15) is 9.70 Å². The Labute approximate surface area is 135 Å². The van der Waals surface area contributed by atoms with Crippen LogP contribution in [0, 0.1) is 10.8 Å². The zero-order valence-corrected chi connectivity index (χ0v) is 13.5. The number of aromatic amines is 1. The monoisotopic (exact) mass is 315 g/mol. The quantitative estimate of drug-likeness (QED) is 0.580. The van der Waals surface area contributed by atoms with Gasteiger partial charge in [-0.25, -0.2) is 9.55 Å². The van der Waals surface area contributed by atoms with Crippen LogP contribution in [0.4, 0.5) is 5.82 Å². The van der Waals surface area contributed by atoms with Gasteiger partial charge in [0.2, 0.25) is 12.4 Å². The Kier molecular flexibility index (Phi) is 6.02. The first-order chi connectivity index (χ1) is 11.2. The van der Waals surface area contributed by atoms with Crippen LogP contribution in [0.15, 0.2) is 48.0 Å². The first-order valence-electron chi connectivity index (χ1n) is 7.90. The predicted octanol–water partition coefficient (Wildman–Crippen LogP) is 2.84. The van der Waals surface area contributed by atoms with Crippen LogP contribution < -0.4 is 9.88 Å². The molecule has 2 aromatic rings. The molecule has 122 valence electrons. The number of benzene rings is 1. The van der Waals surface area contributed by atoms with Crippen molar-refractivity contribution >= 4 is 11.7 Å². The summed E-state index contributed by atoms with van der Waals surface area (Å²) in [6.45, 7) is 4.95. The molecule has 2 atom stereocenters. The van der Waals surface area contributed by atoms with E-state index in [2.05, 4.69) is 29.3 Å². The fourth-order valence-corrected chi connectivity index (χ4v) is 2.39. The van der Waals surface area contributed by atoms with Crippen LogP contribution in [-0.2, 0) is 4.79 Å². The number of nitrogens with one attached hydrogen (secondary N) is 2. The summed E-state index contributed by atoms with van der Waals surface area (Å²) in [5, 5.41) is 5.85. The van der Waals surface area contributed by atoms with E-state index in [-0.39, 0.29) is 11.7 Å². The van der Waals surface area contributed by atoms with Gasteiger partial charge in [-0.2, -0.15) is 0 Å². The number of imidazole rings is 1. The summed E-state index contributed by atoms with van der Waals surface area (Å²) >= 11 is 0. The second kappa shape index (κ2) is 8.22. The molecule has 0 aliphatic heterocycles. The molecule has 1 amide bonds. The van der Waals surface area contributed by atoms with Crippen LogP contribution in [0.3, 0.4) is 0 Å². The number of carbonyl (C=O) groups is 1. The van der Waals surface area contributed by atoms with Gasteiger partial charge >= 0.3 is 0 Å². The van der Waals surface area contributed by atoms with Crippen LogP contribution in [0.2, 0.25) is 0 Å². The minimum Gasteiger partial charge on any atom is -0.352 e. The normalized spacial score (nSPS) is 13.3. The molecular formula is C17H23N4O2+. The number of amides is 1. The van der Waals surface area contributed by atoms with Gasteiger partial charge in [0, 0.05) is 17.3 Å². The molecular weight excluding hydrogens is 292 g/mol. The maximum Gasteiger partial charge on any atom is 0.298 e. The summed E-state index contributed by atoms with van der Waals surface area (Å²) in [5.74, 6) is 0.676. The number of hydrogen-bond donors (Lipinski definition) is 2. The minimum atomic E-state index is -0.528. The number of aromatic nitrogens is 2. The zero-order valence-electron chi connectivity index (χ0n) is 13.5. The lowest BCUT2D eigenvalue weighted by molar-refractivity contribution is -0.699. The molecule has 1 aromatic carbocycles. The molecule has 1 unspecified atom stereocenters. The molecule has 2 rings (SSSR count). The van der Waals surface area contributed by atoms with Gasteiger partial charge in [0.1, 0.15) is 0 Å². The summed E-state index contributed by atoms with van der Waals surface area (Å²) in [6, 6.07) is 8.95. The van der Waals surface area contributed by atoms with E-state index in [1.54, 1.807) is 17.1 Å². The molecule has 23 heavy (non-hydrogen) atoms. The number of carbonyl (C=O) groups excluding carboxylic acids is 1. The Morgan fingerprint density at radius 2 is 2.09 bits per heavy atom. The van der Waals surface area contributed by atoms with Gasteiger partial charge in [-0.15, -0.1) is 4.91 Å². The van der Waals surface area contributed by atoms with Gasteiger partial charge in [-0.1, -0.05) is 50.6 Å². The van der Waals surface area contributed by atoms with E-state index in [0.29, 0.717) is 12.5 Å². The average Bonchev–Trinajstić information content (AvgIpc) is 3.04. The van der Waals surface area contributed by atoms with Crippen LogP contribution in [0.25, 0.3) is 0 Å². The fourth-order valence-electron chi connectivity index (χ4n) is 2.39. The summed E-state index contributed by atoms with van der Waals surface area (Å²) in [5.41, 5.74) is 0.856. The molecule has 0 spiro atoms. The maximum atomic E-state index is 12.7. The number of nitroso groups, excluding NO2 is 1. The molecule has 0 bridgehead atoms. The molecule has 0 saturated heterocycles. The molecule has 6 nitrogen and oxygen atoms in total. The Hall–Kier alpha value is -2.50. The zero-order chi connectivity index (χ0) is 16.7. The molecule has 6 heteroatoms. The molecule has 0 aliphatic carbocycles. The van der Waals surface area contributed by atoms with Crippen molar-refractivity contribution in [2.75, 3.05) is 6.54 Å². The molecule has 0 radical (unpaired) electrons. The van der Waals surface area contributed by atoms with E-state index in [4.69, 9.17) is 0 Å². The third kappa shape index (κ3) is 4.48. The van der Waals surface area contributed by atoms with Crippen molar-refractivity contribution in [1.82, 2.24) is 10.3 Å². The molecule has 1 aromatic heterocycles. The van der Waals surface area contributed by atoms with Crippen molar-refractivity contribution < 1.29 is 9.36 Å². The molecule has 2 N–H and O–H groups in total. The summed E-state index contributed by atoms with van der Waals surface area (Å²) in [4.78, 5) is 26.0. The number of H-pyrrole nitrogens is 1. The highest BCUT2D eigenvalue weighted by Crippen LogP contribution is 2.14. The van der Waals surface area contributed by atoms with Crippen LogP contribution in [-0.4, -0.2) is 17.4 Å². The van der Waals surface area contributed by atoms with Gasteiger partial charge in [-0.05, 0) is 12.3 Å². The SMILES string of the molecule is CCC(C)CCNC(=O)[C@H](c1ccccc1)[n+]1c[nH]c(N=O)c1. The molecule has 0 fully saturated rings. The summed E-state index contributed by atoms with van der Waals surface area (Å²) < 4.78 is 1.67. The summed E-state index contributed by atoms with van der Waals surface area (Å²) in [6.07, 6.45) is 5.17. The lowest BCUT2D eigenvalue weighted by atomic mass is 10.0. The van der Waals surface area contributed by atoms with Gasteiger partial charge in [0.05, 0.1) is 0 Å². The van der Waals surface area contributed by atoms with Crippen molar-refractivity contribution in [3.8, 4) is 0 Å². The second-order valence-corrected chi connectivity index (χ2v) is 5.73. The van der Waals surface area contributed by atoms with Crippen LogP contribution in [0.5, 0.6) is 0 Å². The van der Waals surface area contributed by atoms with Crippen molar-refractivity contribution in [2.24, 2.45) is 11.1 Å².